The standard InChI is InChI=1S/C25H37N7O8/c1-15(28-21(35)17-10-11-20(34)29-17)24(38)32(25(39)40-14-16-7-3-2-4-8-16)19(9-5-6-12-26)23(37)30-18(13-33)22(36)31-27/h2-4,7-8,15,17-19,33H,5-6,9-14,26-27H2,1H3,(H,28,35)(H,29,34)(H,30,37)(H,31,36)/t15-,17-,18-,19-/m0/s1. The molecular weight excluding hydrogens is 526 g/mol. The Kier molecular flexibility index (Phi) is 13.0. The molecule has 1 aliphatic rings. The molecule has 0 bridgehead atoms. The third-order valence-corrected chi connectivity index (χ3v) is 6.18. The van der Waals surface area contributed by atoms with Gasteiger partial charge in [0.15, 0.2) is 0 Å². The Morgan fingerprint density at radius 3 is 2.40 bits per heavy atom. The van der Waals surface area contributed by atoms with Crippen molar-refractivity contribution in [3.05, 3.63) is 35.9 Å². The number of benzene rings is 1. The number of hydrogen-bond acceptors (Lipinski definition) is 10. The summed E-state index contributed by atoms with van der Waals surface area (Å²) >= 11 is 0. The van der Waals surface area contributed by atoms with Crippen molar-refractivity contribution >= 4 is 35.6 Å². The Morgan fingerprint density at radius 2 is 1.82 bits per heavy atom. The number of nitrogens with two attached hydrogens (primary N) is 2. The number of rotatable bonds is 14. The van der Waals surface area contributed by atoms with E-state index in [1.54, 1.807) is 30.3 Å². The van der Waals surface area contributed by atoms with E-state index in [0.717, 1.165) is 0 Å². The fourth-order valence-corrected chi connectivity index (χ4v) is 3.98. The predicted molar refractivity (Wildman–Crippen MR) is 140 cm³/mol. The van der Waals surface area contributed by atoms with E-state index in [0.29, 0.717) is 23.3 Å². The minimum atomic E-state index is -1.49. The Balaban J connectivity index is 2.34. The fraction of sp³-hybridized carbons (Fsp3) is 0.520. The van der Waals surface area contributed by atoms with Crippen LogP contribution in [0.5, 0.6) is 0 Å². The van der Waals surface area contributed by atoms with Crippen LogP contribution in [-0.4, -0.2) is 83.0 Å². The first kappa shape index (κ1) is 32.1. The molecule has 1 fully saturated rings. The number of aliphatic hydroxyl groups excluding tert-OH is 1. The normalized spacial score (nSPS) is 16.6. The Hall–Kier alpha value is -4.08. The summed E-state index contributed by atoms with van der Waals surface area (Å²) in [5.74, 6) is 1.37. The van der Waals surface area contributed by atoms with Gasteiger partial charge < -0.3 is 31.5 Å². The lowest BCUT2D eigenvalue weighted by molar-refractivity contribution is -0.142. The van der Waals surface area contributed by atoms with Crippen LogP contribution in [0.1, 0.15) is 44.6 Å². The number of aliphatic hydroxyl groups is 1. The average molecular weight is 564 g/mol. The van der Waals surface area contributed by atoms with Gasteiger partial charge in [-0.25, -0.2) is 15.5 Å². The first-order chi connectivity index (χ1) is 19.1. The number of hydrazine groups is 1. The largest absolute Gasteiger partial charge is 0.444 e. The molecule has 0 spiro atoms. The van der Waals surface area contributed by atoms with Crippen molar-refractivity contribution in [2.75, 3.05) is 13.2 Å². The van der Waals surface area contributed by atoms with E-state index in [2.05, 4.69) is 16.0 Å². The second-order valence-electron chi connectivity index (χ2n) is 9.19. The van der Waals surface area contributed by atoms with Gasteiger partial charge in [0.25, 0.3) is 11.8 Å². The minimum Gasteiger partial charge on any atom is -0.444 e. The maximum Gasteiger partial charge on any atom is 0.417 e. The Labute approximate surface area is 231 Å². The van der Waals surface area contributed by atoms with Crippen LogP contribution < -0.4 is 33.0 Å². The van der Waals surface area contributed by atoms with Gasteiger partial charge in [-0.2, -0.15) is 0 Å². The van der Waals surface area contributed by atoms with E-state index in [1.165, 1.54) is 6.92 Å². The molecule has 0 aliphatic carbocycles. The van der Waals surface area contributed by atoms with Crippen LogP contribution in [0, 0.1) is 0 Å². The number of ether oxygens (including phenoxy) is 1. The highest BCUT2D eigenvalue weighted by Gasteiger charge is 2.40. The third-order valence-electron chi connectivity index (χ3n) is 6.18. The zero-order valence-corrected chi connectivity index (χ0v) is 22.3. The quantitative estimate of drug-likeness (QED) is 0.0563. The van der Waals surface area contributed by atoms with Gasteiger partial charge in [0, 0.05) is 6.42 Å². The van der Waals surface area contributed by atoms with Gasteiger partial charge in [-0.05, 0) is 44.7 Å². The SMILES string of the molecule is C[C@H](NC(=O)[C@@H]1CCC(=O)N1)C(=O)N(C(=O)OCc1ccccc1)[C@@H](CCCCN)C(=O)N[C@@H](CO)C(=O)NN. The van der Waals surface area contributed by atoms with E-state index >= 15 is 0 Å². The second kappa shape index (κ2) is 16.1. The molecule has 15 nitrogen and oxygen atoms in total. The van der Waals surface area contributed by atoms with E-state index in [1.807, 2.05) is 5.43 Å². The summed E-state index contributed by atoms with van der Waals surface area (Å²) in [6.07, 6.45) is -0.0660. The number of imide groups is 1. The highest BCUT2D eigenvalue weighted by molar-refractivity contribution is 6.02. The van der Waals surface area contributed by atoms with Crippen LogP contribution in [0.2, 0.25) is 0 Å². The molecule has 40 heavy (non-hydrogen) atoms. The van der Waals surface area contributed by atoms with E-state index in [9.17, 15) is 33.9 Å². The van der Waals surface area contributed by atoms with E-state index in [4.69, 9.17) is 16.3 Å². The summed E-state index contributed by atoms with van der Waals surface area (Å²) in [5.41, 5.74) is 8.01. The lowest BCUT2D eigenvalue weighted by Crippen LogP contribution is -2.61. The highest BCUT2D eigenvalue weighted by Crippen LogP contribution is 2.16. The van der Waals surface area contributed by atoms with Crippen LogP contribution in [0.3, 0.4) is 0 Å². The number of carbonyl (C=O) groups is 6. The van der Waals surface area contributed by atoms with Crippen LogP contribution in [0.15, 0.2) is 30.3 Å². The summed E-state index contributed by atoms with van der Waals surface area (Å²) in [4.78, 5) is 76.9. The molecule has 1 aliphatic heterocycles. The Bertz CT molecular complexity index is 1050. The highest BCUT2D eigenvalue weighted by atomic mass is 16.6. The molecule has 1 heterocycles. The topological polar surface area (TPSA) is 235 Å². The lowest BCUT2D eigenvalue weighted by atomic mass is 10.1. The number of nitrogens with zero attached hydrogens (tertiary/aromatic N) is 1. The maximum absolute atomic E-state index is 13.6. The molecule has 0 unspecified atom stereocenters. The van der Waals surface area contributed by atoms with E-state index in [-0.39, 0.29) is 38.3 Å². The number of nitrogens with one attached hydrogen (secondary N) is 4. The third kappa shape index (κ3) is 9.29. The second-order valence-corrected chi connectivity index (χ2v) is 9.19. The smallest absolute Gasteiger partial charge is 0.417 e. The molecule has 4 atom stereocenters. The average Bonchev–Trinajstić information content (AvgIpc) is 3.40. The van der Waals surface area contributed by atoms with Gasteiger partial charge in [0.1, 0.15) is 30.8 Å². The molecule has 6 amide bonds. The van der Waals surface area contributed by atoms with Crippen molar-refractivity contribution in [2.45, 2.75) is 69.8 Å². The van der Waals surface area contributed by atoms with Crippen LogP contribution in [-0.2, 0) is 35.3 Å². The van der Waals surface area contributed by atoms with Gasteiger partial charge >= 0.3 is 6.09 Å². The molecule has 0 saturated carbocycles. The summed E-state index contributed by atoms with van der Waals surface area (Å²) in [6, 6.07) is 3.51. The van der Waals surface area contributed by atoms with Gasteiger partial charge in [0.05, 0.1) is 6.61 Å². The summed E-state index contributed by atoms with van der Waals surface area (Å²) in [6.45, 7) is 0.567. The number of carbonyl (C=O) groups excluding carboxylic acids is 6. The lowest BCUT2D eigenvalue weighted by Gasteiger charge is -2.31. The zero-order valence-electron chi connectivity index (χ0n) is 22.3. The summed E-state index contributed by atoms with van der Waals surface area (Å²) < 4.78 is 5.36. The zero-order chi connectivity index (χ0) is 29.7. The summed E-state index contributed by atoms with van der Waals surface area (Å²) in [7, 11) is 0. The first-order valence-electron chi connectivity index (χ1n) is 12.9. The Morgan fingerprint density at radius 1 is 1.12 bits per heavy atom. The molecule has 220 valence electrons. The van der Waals surface area contributed by atoms with Crippen molar-refractivity contribution in [3.8, 4) is 0 Å². The number of amides is 6. The first-order valence-corrected chi connectivity index (χ1v) is 12.9. The molecule has 15 heteroatoms. The van der Waals surface area contributed by atoms with E-state index < -0.39 is 60.5 Å². The van der Waals surface area contributed by atoms with Crippen molar-refractivity contribution < 1.29 is 38.6 Å². The number of hydrogen-bond donors (Lipinski definition) is 7. The van der Waals surface area contributed by atoms with Gasteiger partial charge in [-0.1, -0.05) is 30.3 Å². The molecular formula is C25H37N7O8. The summed E-state index contributed by atoms with van der Waals surface area (Å²) in [5, 5.41) is 16.8. The van der Waals surface area contributed by atoms with Crippen molar-refractivity contribution in [3.63, 3.8) is 0 Å². The minimum absolute atomic E-state index is 0.0586. The van der Waals surface area contributed by atoms with Gasteiger partial charge in [-0.3, -0.25) is 29.4 Å². The van der Waals surface area contributed by atoms with Gasteiger partial charge in [0.2, 0.25) is 17.7 Å². The molecule has 9 N–H and O–H groups in total. The van der Waals surface area contributed by atoms with Crippen molar-refractivity contribution in [1.82, 2.24) is 26.3 Å². The molecule has 0 aromatic heterocycles. The molecule has 0 radical (unpaired) electrons. The predicted octanol–water partition coefficient (Wildman–Crippen LogP) is -2.10. The maximum atomic E-state index is 13.6. The monoisotopic (exact) mass is 563 g/mol. The molecule has 2 rings (SSSR count). The van der Waals surface area contributed by atoms with Crippen molar-refractivity contribution in [1.29, 1.82) is 0 Å². The molecule has 1 aromatic rings. The molecule has 1 saturated heterocycles. The van der Waals surface area contributed by atoms with Crippen LogP contribution >= 0.6 is 0 Å². The van der Waals surface area contributed by atoms with Crippen LogP contribution in [0.25, 0.3) is 0 Å². The van der Waals surface area contributed by atoms with Gasteiger partial charge in [-0.15, -0.1) is 0 Å². The van der Waals surface area contributed by atoms with Crippen LogP contribution in [0.4, 0.5) is 4.79 Å². The number of unbranched alkanes of at least 4 members (excludes halogenated alkanes) is 1. The molecule has 1 aromatic carbocycles. The van der Waals surface area contributed by atoms with Crippen molar-refractivity contribution in [2.24, 2.45) is 11.6 Å². The fourth-order valence-electron chi connectivity index (χ4n) is 3.98.